The van der Waals surface area contributed by atoms with Gasteiger partial charge in [-0.1, -0.05) is 29.4 Å². The lowest BCUT2D eigenvalue weighted by Gasteiger charge is -2.27. The van der Waals surface area contributed by atoms with E-state index in [9.17, 15) is 14.9 Å². The molecule has 0 aliphatic carbocycles. The number of aryl methyl sites for hydroxylation is 1. The molecule has 0 bridgehead atoms. The number of allylic oxidation sites excluding steroid dienone is 2. The molecule has 7 nitrogen and oxygen atoms in total. The summed E-state index contributed by atoms with van der Waals surface area (Å²) in [6.07, 6.45) is 1.47. The average molecular weight is 443 g/mol. The number of anilines is 1. The third kappa shape index (κ3) is 4.53. The van der Waals surface area contributed by atoms with Crippen LogP contribution in [0.3, 0.4) is 0 Å². The smallest absolute Gasteiger partial charge is 0.247 e. The third-order valence-corrected chi connectivity index (χ3v) is 5.97. The third-order valence-electron chi connectivity index (χ3n) is 4.54. The predicted molar refractivity (Wildman–Crippen MR) is 116 cm³/mol. The normalized spacial score (nSPS) is 16.1. The van der Waals surface area contributed by atoms with Gasteiger partial charge in [0.05, 0.1) is 40.2 Å². The second-order valence-electron chi connectivity index (χ2n) is 6.63. The lowest BCUT2D eigenvalue weighted by atomic mass is 9.86. The number of primary amides is 1. The van der Waals surface area contributed by atoms with E-state index in [1.54, 1.807) is 31.2 Å². The van der Waals surface area contributed by atoms with Crippen molar-refractivity contribution in [2.45, 2.75) is 19.8 Å². The lowest BCUT2D eigenvalue weighted by Crippen LogP contribution is -2.31. The van der Waals surface area contributed by atoms with Crippen LogP contribution >= 0.6 is 23.4 Å². The van der Waals surface area contributed by atoms with E-state index in [0.29, 0.717) is 27.2 Å². The molecule has 154 valence electrons. The molecular weight excluding hydrogens is 424 g/mol. The zero-order valence-electron chi connectivity index (χ0n) is 16.3. The summed E-state index contributed by atoms with van der Waals surface area (Å²) >= 11 is 7.25. The van der Waals surface area contributed by atoms with Crippen molar-refractivity contribution in [3.8, 4) is 6.07 Å². The van der Waals surface area contributed by atoms with Crippen molar-refractivity contribution >= 4 is 40.9 Å². The minimum absolute atomic E-state index is 0.0447. The number of nitrogens with zero attached hydrogens (tertiary/aromatic N) is 1. The van der Waals surface area contributed by atoms with E-state index in [0.717, 1.165) is 17.3 Å². The molecule has 2 aromatic rings. The number of thioether (sulfide) groups is 1. The summed E-state index contributed by atoms with van der Waals surface area (Å²) in [5.41, 5.74) is 8.08. The monoisotopic (exact) mass is 442 g/mol. The van der Waals surface area contributed by atoms with Crippen LogP contribution in [0, 0.1) is 18.3 Å². The summed E-state index contributed by atoms with van der Waals surface area (Å²) in [6.45, 7) is 3.57. The van der Waals surface area contributed by atoms with E-state index in [4.69, 9.17) is 21.8 Å². The van der Waals surface area contributed by atoms with Crippen LogP contribution in [0.5, 0.6) is 0 Å². The van der Waals surface area contributed by atoms with Gasteiger partial charge in [-0.05, 0) is 43.7 Å². The van der Waals surface area contributed by atoms with Gasteiger partial charge in [-0.15, -0.1) is 0 Å². The molecule has 3 rings (SSSR count). The molecule has 2 amide bonds. The summed E-state index contributed by atoms with van der Waals surface area (Å²) in [6, 6.07) is 10.7. The van der Waals surface area contributed by atoms with Crippen molar-refractivity contribution in [3.05, 3.63) is 74.8 Å². The van der Waals surface area contributed by atoms with Gasteiger partial charge in [-0.25, -0.2) is 0 Å². The Hall–Kier alpha value is -3.15. The molecule has 0 spiro atoms. The van der Waals surface area contributed by atoms with Crippen LogP contribution in [-0.4, -0.2) is 17.6 Å². The highest BCUT2D eigenvalue weighted by atomic mass is 35.5. The highest BCUT2D eigenvalue weighted by molar-refractivity contribution is 8.03. The van der Waals surface area contributed by atoms with Gasteiger partial charge in [0.2, 0.25) is 11.8 Å². The van der Waals surface area contributed by atoms with Gasteiger partial charge in [0, 0.05) is 16.4 Å². The van der Waals surface area contributed by atoms with E-state index < -0.39 is 11.8 Å². The topological polar surface area (TPSA) is 121 Å². The van der Waals surface area contributed by atoms with Crippen LogP contribution < -0.4 is 16.4 Å². The van der Waals surface area contributed by atoms with Gasteiger partial charge in [-0.2, -0.15) is 5.26 Å². The summed E-state index contributed by atoms with van der Waals surface area (Å²) in [5.74, 6) is -1.16. The molecule has 2 heterocycles. The first-order valence-electron chi connectivity index (χ1n) is 8.96. The number of carbonyl (C=O) groups excluding carboxylic acids is 2. The Bertz CT molecular complexity index is 1100. The Morgan fingerprint density at radius 3 is 2.73 bits per heavy atom. The number of amides is 2. The SMILES string of the molecule is CC1=C(C(N)=O)[C@@H](c2ccco2)C(C#N)=C(SCC(=O)Nc2ccc(C)c(Cl)c2)N1. The van der Waals surface area contributed by atoms with Gasteiger partial charge in [-0.3, -0.25) is 9.59 Å². The average Bonchev–Trinajstić information content (AvgIpc) is 3.22. The number of nitriles is 1. The van der Waals surface area contributed by atoms with Crippen molar-refractivity contribution in [3.63, 3.8) is 0 Å². The van der Waals surface area contributed by atoms with Crippen LogP contribution in [0.15, 0.2) is 62.9 Å². The maximum absolute atomic E-state index is 12.4. The summed E-state index contributed by atoms with van der Waals surface area (Å²) in [4.78, 5) is 24.4. The van der Waals surface area contributed by atoms with Crippen LogP contribution in [0.4, 0.5) is 5.69 Å². The summed E-state index contributed by atoms with van der Waals surface area (Å²) in [5, 5.41) is 16.6. The second-order valence-corrected chi connectivity index (χ2v) is 8.02. The van der Waals surface area contributed by atoms with E-state index >= 15 is 0 Å². The highest BCUT2D eigenvalue weighted by Gasteiger charge is 2.35. The zero-order valence-corrected chi connectivity index (χ0v) is 17.9. The Morgan fingerprint density at radius 2 is 2.13 bits per heavy atom. The van der Waals surface area contributed by atoms with Crippen molar-refractivity contribution in [2.75, 3.05) is 11.1 Å². The molecule has 0 saturated carbocycles. The van der Waals surface area contributed by atoms with Crippen molar-refractivity contribution < 1.29 is 14.0 Å². The second kappa shape index (κ2) is 9.11. The van der Waals surface area contributed by atoms with E-state index in [1.165, 1.54) is 6.26 Å². The minimum Gasteiger partial charge on any atom is -0.468 e. The van der Waals surface area contributed by atoms with Gasteiger partial charge in [0.15, 0.2) is 0 Å². The first-order valence-corrected chi connectivity index (χ1v) is 10.3. The molecule has 0 unspecified atom stereocenters. The molecule has 0 radical (unpaired) electrons. The van der Waals surface area contributed by atoms with Crippen LogP contribution in [-0.2, 0) is 9.59 Å². The number of furan rings is 1. The number of hydrogen-bond donors (Lipinski definition) is 3. The molecule has 30 heavy (non-hydrogen) atoms. The van der Waals surface area contributed by atoms with Gasteiger partial charge < -0.3 is 20.8 Å². The quantitative estimate of drug-likeness (QED) is 0.625. The predicted octanol–water partition coefficient (Wildman–Crippen LogP) is 3.79. The van der Waals surface area contributed by atoms with Crippen molar-refractivity contribution in [1.29, 1.82) is 5.26 Å². The number of nitrogens with two attached hydrogens (primary N) is 1. The number of nitrogens with one attached hydrogen (secondary N) is 2. The summed E-state index contributed by atoms with van der Waals surface area (Å²) in [7, 11) is 0. The molecule has 4 N–H and O–H groups in total. The molecule has 0 saturated heterocycles. The maximum atomic E-state index is 12.4. The molecule has 9 heteroatoms. The Morgan fingerprint density at radius 1 is 1.37 bits per heavy atom. The Kier molecular flexibility index (Phi) is 6.55. The number of hydrogen-bond acceptors (Lipinski definition) is 6. The summed E-state index contributed by atoms with van der Waals surface area (Å²) < 4.78 is 5.45. The van der Waals surface area contributed by atoms with Gasteiger partial charge in [0.1, 0.15) is 5.76 Å². The molecule has 1 aromatic carbocycles. The van der Waals surface area contributed by atoms with Gasteiger partial charge in [0.25, 0.3) is 0 Å². The van der Waals surface area contributed by atoms with E-state index in [1.807, 2.05) is 13.0 Å². The van der Waals surface area contributed by atoms with E-state index in [-0.39, 0.29) is 22.8 Å². The molecule has 1 aliphatic rings. The van der Waals surface area contributed by atoms with Crippen molar-refractivity contribution in [1.82, 2.24) is 5.32 Å². The van der Waals surface area contributed by atoms with Crippen LogP contribution in [0.25, 0.3) is 0 Å². The molecule has 1 aromatic heterocycles. The molecule has 1 aliphatic heterocycles. The largest absolute Gasteiger partial charge is 0.468 e. The molecular formula is C21H19ClN4O3S. The molecule has 1 atom stereocenters. The highest BCUT2D eigenvalue weighted by Crippen LogP contribution is 2.40. The Balaban J connectivity index is 1.81. The number of rotatable bonds is 6. The number of halogens is 1. The van der Waals surface area contributed by atoms with E-state index in [2.05, 4.69) is 16.7 Å². The van der Waals surface area contributed by atoms with Crippen molar-refractivity contribution in [2.24, 2.45) is 5.73 Å². The standard InChI is InChI=1S/C21H19ClN4O3S/c1-11-5-6-13(8-15(11)22)26-17(27)10-30-21-14(9-23)19(16-4-3-7-29-16)18(20(24)28)12(2)25-21/h3-8,19,25H,10H2,1-2H3,(H2,24,28)(H,26,27)/t19-/m1/s1. The fourth-order valence-corrected chi connectivity index (χ4v) is 4.17. The lowest BCUT2D eigenvalue weighted by molar-refractivity contribution is -0.115. The molecule has 0 fully saturated rings. The zero-order chi connectivity index (χ0) is 21.8. The Labute approximate surface area is 182 Å². The maximum Gasteiger partial charge on any atom is 0.247 e. The fraction of sp³-hybridized carbons (Fsp3) is 0.190. The van der Waals surface area contributed by atoms with Crippen LogP contribution in [0.2, 0.25) is 5.02 Å². The minimum atomic E-state index is -0.731. The van der Waals surface area contributed by atoms with Crippen LogP contribution in [0.1, 0.15) is 24.2 Å². The first kappa shape index (κ1) is 21.6. The van der Waals surface area contributed by atoms with Gasteiger partial charge >= 0.3 is 0 Å². The number of dihydropyridines is 1. The number of benzene rings is 1. The fourth-order valence-electron chi connectivity index (χ4n) is 3.10. The number of carbonyl (C=O) groups is 2. The first-order chi connectivity index (χ1) is 14.3.